The van der Waals surface area contributed by atoms with E-state index in [2.05, 4.69) is 27.3 Å². The summed E-state index contributed by atoms with van der Waals surface area (Å²) in [7, 11) is 1.35. The molecule has 0 heterocycles. The van der Waals surface area contributed by atoms with Gasteiger partial charge in [-0.1, -0.05) is 0 Å². The van der Waals surface area contributed by atoms with E-state index in [-0.39, 0.29) is 5.56 Å². The van der Waals surface area contributed by atoms with Crippen molar-refractivity contribution in [2.45, 2.75) is 27.7 Å². The van der Waals surface area contributed by atoms with Crippen LogP contribution in [-0.4, -0.2) is 45.8 Å². The van der Waals surface area contributed by atoms with Crippen LogP contribution < -0.4 is 18.9 Å². The van der Waals surface area contributed by atoms with Gasteiger partial charge in [-0.05, 0) is 86.7 Å². The zero-order valence-electron chi connectivity index (χ0n) is 22.4. The number of aldehydes is 1. The van der Waals surface area contributed by atoms with E-state index in [1.165, 1.54) is 25.3 Å². The van der Waals surface area contributed by atoms with Gasteiger partial charge in [0.05, 0.1) is 48.2 Å². The molecular weight excluding hydrogens is 625 g/mol. The van der Waals surface area contributed by atoms with Crippen LogP contribution >= 0.6 is 22.6 Å². The average molecular weight is 656 g/mol. The Morgan fingerprint density at radius 3 is 1.69 bits per heavy atom. The van der Waals surface area contributed by atoms with E-state index in [1.807, 2.05) is 13.8 Å². The van der Waals surface area contributed by atoms with Gasteiger partial charge in [-0.25, -0.2) is 13.6 Å². The van der Waals surface area contributed by atoms with Crippen LogP contribution in [0.1, 0.15) is 48.4 Å². The highest BCUT2D eigenvalue weighted by molar-refractivity contribution is 14.1. The Kier molecular flexibility index (Phi) is 12.9. The molecule has 0 aliphatic carbocycles. The van der Waals surface area contributed by atoms with Crippen LogP contribution in [0.15, 0.2) is 42.5 Å². The van der Waals surface area contributed by atoms with E-state index in [1.54, 1.807) is 26.0 Å². The molecule has 0 fully saturated rings. The Morgan fingerprint density at radius 2 is 1.28 bits per heavy atom. The molecule has 0 spiro atoms. The summed E-state index contributed by atoms with van der Waals surface area (Å²) in [6.07, 6.45) is 0.663. The molecule has 0 aliphatic heterocycles. The Hall–Kier alpha value is -3.41. The molecule has 10 heteroatoms. The molecule has 7 nitrogen and oxygen atoms in total. The second kappa shape index (κ2) is 15.9. The molecular formula is C29H31F2IO7. The van der Waals surface area contributed by atoms with Crippen molar-refractivity contribution in [3.8, 4) is 34.1 Å². The average Bonchev–Trinajstić information content (AvgIpc) is 2.92. The Bertz CT molecular complexity index is 1230. The van der Waals surface area contributed by atoms with Crippen LogP contribution in [0.5, 0.6) is 23.0 Å². The van der Waals surface area contributed by atoms with E-state index in [0.29, 0.717) is 72.4 Å². The standard InChI is InChI=1S/C17H16F2O3.C12H15IO4/c1-3-21-15-7-11(10-20)8-16(22-4-2)17(15)13-6-5-12(18)9-14(13)19;1-4-16-9-6-8(12(14)15-3)7-10(11(9)13)17-5-2/h5-10H,3-4H2,1-2H3;6-7H,4-5H2,1-3H3. The normalized spacial score (nSPS) is 10.2. The molecule has 39 heavy (non-hydrogen) atoms. The molecule has 0 N–H and O–H groups in total. The predicted molar refractivity (Wildman–Crippen MR) is 152 cm³/mol. The molecule has 0 atom stereocenters. The van der Waals surface area contributed by atoms with Crippen LogP contribution in [0.4, 0.5) is 8.78 Å². The largest absolute Gasteiger partial charge is 0.493 e. The molecule has 0 saturated heterocycles. The fourth-order valence-corrected chi connectivity index (χ4v) is 4.13. The summed E-state index contributed by atoms with van der Waals surface area (Å²) in [5.74, 6) is 0.131. The van der Waals surface area contributed by atoms with Crippen molar-refractivity contribution in [3.05, 3.63) is 68.8 Å². The summed E-state index contributed by atoms with van der Waals surface area (Å²) in [5.41, 5.74) is 1.32. The molecule has 0 aromatic heterocycles. The number of rotatable bonds is 11. The SMILES string of the molecule is CCOc1cc(C(=O)OC)cc(OCC)c1I.CCOc1cc(C=O)cc(OCC)c1-c1ccc(F)cc1F. The molecule has 0 saturated carbocycles. The summed E-state index contributed by atoms with van der Waals surface area (Å²) in [4.78, 5) is 22.5. The van der Waals surface area contributed by atoms with Crippen LogP contribution in [-0.2, 0) is 4.74 Å². The van der Waals surface area contributed by atoms with Crippen molar-refractivity contribution >= 4 is 34.8 Å². The number of hydrogen-bond donors (Lipinski definition) is 0. The Balaban J connectivity index is 0.000000283. The van der Waals surface area contributed by atoms with Crippen molar-refractivity contribution in [2.24, 2.45) is 0 Å². The fourth-order valence-electron chi connectivity index (χ4n) is 3.50. The van der Waals surface area contributed by atoms with E-state index < -0.39 is 17.6 Å². The highest BCUT2D eigenvalue weighted by Gasteiger charge is 2.19. The van der Waals surface area contributed by atoms with Crippen molar-refractivity contribution in [3.63, 3.8) is 0 Å². The smallest absolute Gasteiger partial charge is 0.338 e. The van der Waals surface area contributed by atoms with Crippen LogP contribution in [0, 0.1) is 15.2 Å². The van der Waals surface area contributed by atoms with Crippen molar-refractivity contribution < 1.29 is 42.1 Å². The van der Waals surface area contributed by atoms with Gasteiger partial charge in [-0.3, -0.25) is 4.79 Å². The van der Waals surface area contributed by atoms with Crippen LogP contribution in [0.2, 0.25) is 0 Å². The third-order valence-corrected chi connectivity index (χ3v) is 6.11. The zero-order valence-corrected chi connectivity index (χ0v) is 24.6. The Labute approximate surface area is 240 Å². The maximum atomic E-state index is 14.1. The third kappa shape index (κ3) is 8.54. The van der Waals surface area contributed by atoms with E-state index in [4.69, 9.17) is 18.9 Å². The minimum atomic E-state index is -0.722. The molecule has 3 rings (SSSR count). The quantitative estimate of drug-likeness (QED) is 0.124. The maximum Gasteiger partial charge on any atom is 0.338 e. The highest BCUT2D eigenvalue weighted by atomic mass is 127. The predicted octanol–water partition coefficient (Wildman–Crippen LogP) is 7.12. The summed E-state index contributed by atoms with van der Waals surface area (Å²) in [6.45, 7) is 9.08. The first-order valence-electron chi connectivity index (χ1n) is 12.3. The number of hydrogen-bond acceptors (Lipinski definition) is 7. The molecule has 0 unspecified atom stereocenters. The lowest BCUT2D eigenvalue weighted by atomic mass is 10.0. The number of carbonyl (C=O) groups excluding carboxylic acids is 2. The Morgan fingerprint density at radius 1 is 0.795 bits per heavy atom. The van der Waals surface area contributed by atoms with Gasteiger partial charge in [-0.2, -0.15) is 0 Å². The summed E-state index contributed by atoms with van der Waals surface area (Å²) >= 11 is 2.14. The van der Waals surface area contributed by atoms with Gasteiger partial charge < -0.3 is 23.7 Å². The lowest BCUT2D eigenvalue weighted by Gasteiger charge is -2.17. The minimum absolute atomic E-state index is 0.158. The van der Waals surface area contributed by atoms with Crippen LogP contribution in [0.25, 0.3) is 11.1 Å². The van der Waals surface area contributed by atoms with Gasteiger partial charge in [0, 0.05) is 17.2 Å². The van der Waals surface area contributed by atoms with Gasteiger partial charge >= 0.3 is 5.97 Å². The number of benzene rings is 3. The first-order chi connectivity index (χ1) is 18.7. The first kappa shape index (κ1) is 31.8. The topological polar surface area (TPSA) is 80.3 Å². The molecule has 3 aromatic carbocycles. The van der Waals surface area contributed by atoms with Crippen molar-refractivity contribution in [1.29, 1.82) is 0 Å². The molecule has 210 valence electrons. The van der Waals surface area contributed by atoms with Gasteiger partial charge in [-0.15, -0.1) is 0 Å². The van der Waals surface area contributed by atoms with Crippen LogP contribution in [0.3, 0.4) is 0 Å². The van der Waals surface area contributed by atoms with Crippen molar-refractivity contribution in [2.75, 3.05) is 33.5 Å². The fraction of sp³-hybridized carbons (Fsp3) is 0.310. The van der Waals surface area contributed by atoms with E-state index in [0.717, 1.165) is 15.7 Å². The summed E-state index contributed by atoms with van der Waals surface area (Å²) in [6, 6.07) is 9.64. The van der Waals surface area contributed by atoms with E-state index >= 15 is 0 Å². The lowest BCUT2D eigenvalue weighted by molar-refractivity contribution is 0.0599. The summed E-state index contributed by atoms with van der Waals surface area (Å²) in [5, 5.41) is 0. The minimum Gasteiger partial charge on any atom is -0.493 e. The zero-order chi connectivity index (χ0) is 28.9. The maximum absolute atomic E-state index is 14.1. The molecule has 0 aliphatic rings. The first-order valence-corrected chi connectivity index (χ1v) is 13.3. The van der Waals surface area contributed by atoms with Gasteiger partial charge in [0.15, 0.2) is 0 Å². The highest BCUT2D eigenvalue weighted by Crippen LogP contribution is 2.41. The second-order valence-electron chi connectivity index (χ2n) is 7.64. The molecule has 0 radical (unpaired) electrons. The van der Waals surface area contributed by atoms with Gasteiger partial charge in [0.1, 0.15) is 40.9 Å². The van der Waals surface area contributed by atoms with Gasteiger partial charge in [0.2, 0.25) is 0 Å². The van der Waals surface area contributed by atoms with Crippen molar-refractivity contribution in [1.82, 2.24) is 0 Å². The van der Waals surface area contributed by atoms with E-state index in [9.17, 15) is 18.4 Å². The number of ether oxygens (including phenoxy) is 5. The number of methoxy groups -OCH3 is 1. The molecule has 0 amide bonds. The second-order valence-corrected chi connectivity index (χ2v) is 8.72. The molecule has 0 bridgehead atoms. The number of halogens is 3. The number of esters is 1. The monoisotopic (exact) mass is 656 g/mol. The molecule has 3 aromatic rings. The lowest BCUT2D eigenvalue weighted by Crippen LogP contribution is -2.05. The third-order valence-electron chi connectivity index (χ3n) is 5.05. The number of carbonyl (C=O) groups is 2. The van der Waals surface area contributed by atoms with Gasteiger partial charge in [0.25, 0.3) is 0 Å². The summed E-state index contributed by atoms with van der Waals surface area (Å²) < 4.78 is 54.8.